The van der Waals surface area contributed by atoms with E-state index in [1.54, 1.807) is 0 Å². The Kier molecular flexibility index (Phi) is 22.6. The topological polar surface area (TPSA) is 23.6 Å². The average molecular weight is 391 g/mol. The summed E-state index contributed by atoms with van der Waals surface area (Å²) in [6.45, 7) is 4.21. The van der Waals surface area contributed by atoms with E-state index in [4.69, 9.17) is 0 Å². The van der Waals surface area contributed by atoms with Crippen molar-refractivity contribution < 1.29 is 4.79 Å². The van der Waals surface area contributed by atoms with Crippen LogP contribution in [0.4, 0.5) is 0 Å². The van der Waals surface area contributed by atoms with E-state index in [2.05, 4.69) is 25.9 Å². The lowest BCUT2D eigenvalue weighted by atomic mass is 10.0. The van der Waals surface area contributed by atoms with Gasteiger partial charge in [-0.05, 0) is 33.5 Å². The van der Waals surface area contributed by atoms with E-state index in [0.29, 0.717) is 5.91 Å². The highest BCUT2D eigenvalue weighted by Crippen LogP contribution is 2.13. The maximum atomic E-state index is 12.0. The van der Waals surface area contributed by atoms with Gasteiger partial charge in [0.25, 0.3) is 0 Å². The second-order valence-electron chi connectivity index (χ2n) is 7.96. The highest BCUT2D eigenvalue weighted by molar-refractivity contribution is 5.85. The van der Waals surface area contributed by atoms with E-state index in [-0.39, 0.29) is 12.4 Å². The van der Waals surface area contributed by atoms with E-state index in [0.717, 1.165) is 32.4 Å². The largest absolute Gasteiger partial charge is 0.346 e. The molecular formula is C22H47ClN2O. The average Bonchev–Trinajstić information content (AvgIpc) is 2.58. The van der Waals surface area contributed by atoms with Crippen molar-refractivity contribution in [3.63, 3.8) is 0 Å². The summed E-state index contributed by atoms with van der Waals surface area (Å²) in [5.74, 6) is 0.321. The Morgan fingerprint density at radius 2 is 1.04 bits per heavy atom. The molecule has 0 saturated heterocycles. The normalized spacial score (nSPS) is 10.8. The molecule has 0 aliphatic rings. The smallest absolute Gasteiger partial charge is 0.222 e. The maximum Gasteiger partial charge on any atom is 0.222 e. The minimum absolute atomic E-state index is 0. The Bertz CT molecular complexity index is 298. The fraction of sp³-hybridized carbons (Fsp3) is 0.955. The van der Waals surface area contributed by atoms with Gasteiger partial charge < -0.3 is 9.80 Å². The van der Waals surface area contributed by atoms with Gasteiger partial charge in [0.05, 0.1) is 0 Å². The minimum Gasteiger partial charge on any atom is -0.346 e. The van der Waals surface area contributed by atoms with Crippen LogP contribution in [-0.2, 0) is 4.79 Å². The van der Waals surface area contributed by atoms with Gasteiger partial charge in [0, 0.05) is 20.0 Å². The lowest BCUT2D eigenvalue weighted by molar-refractivity contribution is -0.130. The van der Waals surface area contributed by atoms with E-state index in [1.807, 2.05) is 11.9 Å². The molecule has 0 aliphatic heterocycles. The van der Waals surface area contributed by atoms with Crippen LogP contribution >= 0.6 is 12.4 Å². The van der Waals surface area contributed by atoms with Gasteiger partial charge in [-0.3, -0.25) is 4.79 Å². The molecule has 0 saturated carbocycles. The Hall–Kier alpha value is -0.280. The third-order valence-electron chi connectivity index (χ3n) is 5.02. The molecule has 0 radical (unpaired) electrons. The van der Waals surface area contributed by atoms with Crippen LogP contribution in [0.3, 0.4) is 0 Å². The van der Waals surface area contributed by atoms with Gasteiger partial charge >= 0.3 is 0 Å². The zero-order valence-corrected chi connectivity index (χ0v) is 19.0. The number of hydrogen-bond acceptors (Lipinski definition) is 2. The minimum atomic E-state index is 0. The second kappa shape index (κ2) is 21.0. The van der Waals surface area contributed by atoms with Crippen molar-refractivity contribution in [3.8, 4) is 0 Å². The van der Waals surface area contributed by atoms with Gasteiger partial charge in [0.15, 0.2) is 0 Å². The van der Waals surface area contributed by atoms with Gasteiger partial charge in [-0.1, -0.05) is 84.0 Å². The number of hydrogen-bond donors (Lipinski definition) is 0. The molecule has 4 heteroatoms. The molecule has 3 nitrogen and oxygen atoms in total. The van der Waals surface area contributed by atoms with Crippen molar-refractivity contribution in [3.05, 3.63) is 0 Å². The lowest BCUT2D eigenvalue weighted by Gasteiger charge is -2.18. The van der Waals surface area contributed by atoms with Crippen molar-refractivity contribution in [1.29, 1.82) is 0 Å². The van der Waals surface area contributed by atoms with Gasteiger partial charge in [-0.15, -0.1) is 12.4 Å². The van der Waals surface area contributed by atoms with Crippen LogP contribution in [0.5, 0.6) is 0 Å². The number of amides is 1. The Labute approximate surface area is 170 Å². The molecule has 0 heterocycles. The summed E-state index contributed by atoms with van der Waals surface area (Å²) in [5, 5.41) is 0. The summed E-state index contributed by atoms with van der Waals surface area (Å²) < 4.78 is 0. The molecule has 26 heavy (non-hydrogen) atoms. The van der Waals surface area contributed by atoms with Crippen molar-refractivity contribution in [1.82, 2.24) is 9.80 Å². The standard InChI is InChI=1S/C22H46N2O.ClH/c1-5-6-7-8-9-10-11-12-13-14-15-16-17-19-22(25)24(4)21-18-20-23(2)3;/h5-21H2,1-4H3;1H. The highest BCUT2D eigenvalue weighted by Gasteiger charge is 2.07. The van der Waals surface area contributed by atoms with Gasteiger partial charge in [-0.2, -0.15) is 0 Å². The van der Waals surface area contributed by atoms with Crippen LogP contribution in [0.25, 0.3) is 0 Å². The predicted molar refractivity (Wildman–Crippen MR) is 118 cm³/mol. The number of carbonyl (C=O) groups is 1. The molecule has 0 spiro atoms. The van der Waals surface area contributed by atoms with Crippen molar-refractivity contribution >= 4 is 18.3 Å². The van der Waals surface area contributed by atoms with Crippen LogP contribution in [0.15, 0.2) is 0 Å². The Balaban J connectivity index is 0. The second-order valence-corrected chi connectivity index (χ2v) is 7.96. The van der Waals surface area contributed by atoms with E-state index >= 15 is 0 Å². The predicted octanol–water partition coefficient (Wildman–Crippen LogP) is 6.30. The number of halogens is 1. The van der Waals surface area contributed by atoms with Crippen molar-refractivity contribution in [2.24, 2.45) is 0 Å². The molecule has 0 atom stereocenters. The van der Waals surface area contributed by atoms with E-state index in [1.165, 1.54) is 77.0 Å². The van der Waals surface area contributed by atoms with Gasteiger partial charge in [0.2, 0.25) is 5.91 Å². The Morgan fingerprint density at radius 1 is 0.615 bits per heavy atom. The molecule has 0 rings (SSSR count). The molecule has 0 fully saturated rings. The zero-order valence-electron chi connectivity index (χ0n) is 18.2. The molecule has 0 bridgehead atoms. The summed E-state index contributed by atoms with van der Waals surface area (Å²) in [4.78, 5) is 16.1. The first-order valence-corrected chi connectivity index (χ1v) is 11.0. The molecule has 0 aliphatic carbocycles. The first kappa shape index (κ1) is 27.9. The fourth-order valence-electron chi connectivity index (χ4n) is 3.23. The van der Waals surface area contributed by atoms with Gasteiger partial charge in [0.1, 0.15) is 0 Å². The van der Waals surface area contributed by atoms with Crippen LogP contribution < -0.4 is 0 Å². The van der Waals surface area contributed by atoms with E-state index < -0.39 is 0 Å². The molecule has 0 aromatic rings. The van der Waals surface area contributed by atoms with Crippen molar-refractivity contribution in [2.45, 2.75) is 103 Å². The van der Waals surface area contributed by atoms with Crippen LogP contribution in [-0.4, -0.2) is 49.9 Å². The lowest BCUT2D eigenvalue weighted by Crippen LogP contribution is -2.29. The van der Waals surface area contributed by atoms with Crippen LogP contribution in [0.1, 0.15) is 103 Å². The quantitative estimate of drug-likeness (QED) is 0.256. The maximum absolute atomic E-state index is 12.0. The molecular weight excluding hydrogens is 344 g/mol. The first-order valence-electron chi connectivity index (χ1n) is 11.0. The van der Waals surface area contributed by atoms with E-state index in [9.17, 15) is 4.79 Å². The number of rotatable bonds is 18. The number of carbonyl (C=O) groups excluding carboxylic acids is 1. The third-order valence-corrected chi connectivity index (χ3v) is 5.02. The summed E-state index contributed by atoms with van der Waals surface area (Å²) in [6, 6.07) is 0. The van der Waals surface area contributed by atoms with Crippen LogP contribution in [0.2, 0.25) is 0 Å². The summed E-state index contributed by atoms with van der Waals surface area (Å²) in [5.41, 5.74) is 0. The fourth-order valence-corrected chi connectivity index (χ4v) is 3.23. The molecule has 0 aromatic heterocycles. The molecule has 0 aromatic carbocycles. The zero-order chi connectivity index (χ0) is 18.8. The SMILES string of the molecule is CCCCCCCCCCCCCCCC(=O)N(C)CCCN(C)C.Cl. The number of unbranched alkanes of at least 4 members (excludes halogenated alkanes) is 12. The third kappa shape index (κ3) is 20.0. The Morgan fingerprint density at radius 3 is 1.46 bits per heavy atom. The van der Waals surface area contributed by atoms with Crippen LogP contribution in [0, 0.1) is 0 Å². The summed E-state index contributed by atoms with van der Waals surface area (Å²) >= 11 is 0. The molecule has 0 N–H and O–H groups in total. The highest BCUT2D eigenvalue weighted by atomic mass is 35.5. The van der Waals surface area contributed by atoms with Gasteiger partial charge in [-0.25, -0.2) is 0 Å². The monoisotopic (exact) mass is 390 g/mol. The molecule has 1 amide bonds. The summed E-state index contributed by atoms with van der Waals surface area (Å²) in [6.07, 6.45) is 19.4. The molecule has 158 valence electrons. The number of nitrogens with zero attached hydrogens (tertiary/aromatic N) is 2. The first-order chi connectivity index (χ1) is 12.1. The van der Waals surface area contributed by atoms with Crippen molar-refractivity contribution in [2.75, 3.05) is 34.2 Å². The summed E-state index contributed by atoms with van der Waals surface area (Å²) in [7, 11) is 6.10. The molecule has 0 unspecified atom stereocenters.